The minimum absolute atomic E-state index is 0.0585. The number of aryl methyl sites for hydroxylation is 1. The summed E-state index contributed by atoms with van der Waals surface area (Å²) in [4.78, 5) is 20.6. The summed E-state index contributed by atoms with van der Waals surface area (Å²) < 4.78 is 7.01. The van der Waals surface area contributed by atoms with Crippen LogP contribution in [0.1, 0.15) is 30.7 Å². The standard InChI is InChI=1S/C20H22N2O2S2/c1-4-25-20-21-18-17(15-10-5-12(2)11-16(15)26-18)19(23)22(20)13-6-8-14(24-3)9-7-13/h6-9,12H,4-5,10-11H2,1-3H3. The van der Waals surface area contributed by atoms with Crippen LogP contribution in [0.2, 0.25) is 0 Å². The molecule has 1 aliphatic carbocycles. The molecule has 0 aliphatic heterocycles. The topological polar surface area (TPSA) is 44.1 Å². The van der Waals surface area contributed by atoms with Gasteiger partial charge in [-0.2, -0.15) is 0 Å². The highest BCUT2D eigenvalue weighted by Gasteiger charge is 2.25. The van der Waals surface area contributed by atoms with Crippen LogP contribution in [0.5, 0.6) is 5.75 Å². The van der Waals surface area contributed by atoms with Crippen molar-refractivity contribution in [1.82, 2.24) is 9.55 Å². The Morgan fingerprint density at radius 3 is 2.81 bits per heavy atom. The molecule has 0 bridgehead atoms. The molecule has 2 heterocycles. The van der Waals surface area contributed by atoms with Crippen LogP contribution in [0, 0.1) is 5.92 Å². The smallest absolute Gasteiger partial charge is 0.267 e. The third kappa shape index (κ3) is 2.95. The van der Waals surface area contributed by atoms with Crippen molar-refractivity contribution in [3.05, 3.63) is 45.1 Å². The number of ether oxygens (including phenoxy) is 1. The Labute approximate surface area is 161 Å². The van der Waals surface area contributed by atoms with Gasteiger partial charge in [-0.25, -0.2) is 4.98 Å². The summed E-state index contributed by atoms with van der Waals surface area (Å²) >= 11 is 3.32. The second-order valence-electron chi connectivity index (χ2n) is 6.70. The van der Waals surface area contributed by atoms with Gasteiger partial charge in [0.2, 0.25) is 0 Å². The summed E-state index contributed by atoms with van der Waals surface area (Å²) in [5.74, 6) is 2.34. The largest absolute Gasteiger partial charge is 0.497 e. The third-order valence-electron chi connectivity index (χ3n) is 4.90. The molecule has 1 atom stereocenters. The predicted molar refractivity (Wildman–Crippen MR) is 109 cm³/mol. The number of methoxy groups -OCH3 is 1. The van der Waals surface area contributed by atoms with E-state index in [-0.39, 0.29) is 5.56 Å². The van der Waals surface area contributed by atoms with E-state index in [4.69, 9.17) is 9.72 Å². The van der Waals surface area contributed by atoms with E-state index in [1.54, 1.807) is 34.8 Å². The zero-order valence-electron chi connectivity index (χ0n) is 15.2. The molecule has 1 unspecified atom stereocenters. The molecule has 3 aromatic rings. The third-order valence-corrected chi connectivity index (χ3v) is 6.87. The van der Waals surface area contributed by atoms with Crippen molar-refractivity contribution in [1.29, 1.82) is 0 Å². The maximum atomic E-state index is 13.5. The summed E-state index contributed by atoms with van der Waals surface area (Å²) in [7, 11) is 1.64. The second-order valence-corrected chi connectivity index (χ2v) is 9.01. The Kier molecular flexibility index (Phi) is 4.80. The minimum atomic E-state index is 0.0585. The maximum absolute atomic E-state index is 13.5. The number of thioether (sulfide) groups is 1. The van der Waals surface area contributed by atoms with Gasteiger partial charge < -0.3 is 4.74 Å². The zero-order valence-corrected chi connectivity index (χ0v) is 16.9. The van der Waals surface area contributed by atoms with Crippen molar-refractivity contribution < 1.29 is 4.74 Å². The number of fused-ring (bicyclic) bond motifs is 3. The fourth-order valence-corrected chi connectivity index (χ4v) is 5.72. The van der Waals surface area contributed by atoms with E-state index in [1.165, 1.54) is 10.4 Å². The van der Waals surface area contributed by atoms with Gasteiger partial charge in [0.25, 0.3) is 5.56 Å². The van der Waals surface area contributed by atoms with E-state index in [1.807, 2.05) is 24.3 Å². The number of nitrogens with zero attached hydrogens (tertiary/aromatic N) is 2. The molecular weight excluding hydrogens is 364 g/mol. The Bertz CT molecular complexity index is 1010. The lowest BCUT2D eigenvalue weighted by Gasteiger charge is -2.17. The van der Waals surface area contributed by atoms with Gasteiger partial charge in [0.05, 0.1) is 18.2 Å². The van der Waals surface area contributed by atoms with Crippen molar-refractivity contribution in [2.24, 2.45) is 5.92 Å². The fourth-order valence-electron chi connectivity index (χ4n) is 3.56. The first kappa shape index (κ1) is 17.6. The van der Waals surface area contributed by atoms with Crippen LogP contribution >= 0.6 is 23.1 Å². The Hall–Kier alpha value is -1.79. The first-order valence-electron chi connectivity index (χ1n) is 8.97. The van der Waals surface area contributed by atoms with Crippen molar-refractivity contribution in [2.45, 2.75) is 38.3 Å². The minimum Gasteiger partial charge on any atom is -0.497 e. The van der Waals surface area contributed by atoms with Crippen LogP contribution in [0.15, 0.2) is 34.2 Å². The van der Waals surface area contributed by atoms with E-state index in [0.717, 1.165) is 51.8 Å². The van der Waals surface area contributed by atoms with E-state index in [9.17, 15) is 4.79 Å². The number of aromatic nitrogens is 2. The van der Waals surface area contributed by atoms with E-state index >= 15 is 0 Å². The molecular formula is C20H22N2O2S2. The van der Waals surface area contributed by atoms with Gasteiger partial charge in [-0.3, -0.25) is 9.36 Å². The van der Waals surface area contributed by atoms with Crippen LogP contribution in [0.3, 0.4) is 0 Å². The van der Waals surface area contributed by atoms with Crippen LogP contribution in [0.25, 0.3) is 15.9 Å². The van der Waals surface area contributed by atoms with Gasteiger partial charge in [-0.05, 0) is 60.8 Å². The molecule has 0 fully saturated rings. The van der Waals surface area contributed by atoms with Gasteiger partial charge in [0, 0.05) is 4.88 Å². The molecule has 2 aromatic heterocycles. The first-order chi connectivity index (χ1) is 12.6. The number of benzene rings is 1. The molecule has 0 saturated heterocycles. The number of rotatable bonds is 4. The van der Waals surface area contributed by atoms with Gasteiger partial charge in [0.15, 0.2) is 5.16 Å². The lowest BCUT2D eigenvalue weighted by Crippen LogP contribution is -2.22. The van der Waals surface area contributed by atoms with Crippen molar-refractivity contribution >= 4 is 33.3 Å². The summed E-state index contributed by atoms with van der Waals surface area (Å²) in [6.07, 6.45) is 3.19. The van der Waals surface area contributed by atoms with Crippen LogP contribution in [0.4, 0.5) is 0 Å². The monoisotopic (exact) mass is 386 g/mol. The van der Waals surface area contributed by atoms with Crippen molar-refractivity contribution in [3.8, 4) is 11.4 Å². The molecule has 4 rings (SSSR count). The van der Waals surface area contributed by atoms with E-state index in [2.05, 4.69) is 13.8 Å². The van der Waals surface area contributed by atoms with Crippen molar-refractivity contribution in [3.63, 3.8) is 0 Å². The average molecular weight is 387 g/mol. The molecule has 1 aliphatic rings. The molecule has 0 radical (unpaired) electrons. The first-order valence-corrected chi connectivity index (χ1v) is 10.8. The fraction of sp³-hybridized carbons (Fsp3) is 0.400. The van der Waals surface area contributed by atoms with E-state index < -0.39 is 0 Å². The Balaban J connectivity index is 1.96. The molecule has 1 aromatic carbocycles. The molecule has 0 saturated carbocycles. The molecule has 0 amide bonds. The zero-order chi connectivity index (χ0) is 18.3. The molecule has 0 spiro atoms. The summed E-state index contributed by atoms with van der Waals surface area (Å²) in [6, 6.07) is 7.62. The van der Waals surface area contributed by atoms with Gasteiger partial charge in [0.1, 0.15) is 10.6 Å². The molecule has 26 heavy (non-hydrogen) atoms. The normalized spacial score (nSPS) is 16.7. The number of thiophene rings is 1. The van der Waals surface area contributed by atoms with Crippen LogP contribution in [-0.4, -0.2) is 22.4 Å². The highest BCUT2D eigenvalue weighted by atomic mass is 32.2. The number of hydrogen-bond acceptors (Lipinski definition) is 5. The summed E-state index contributed by atoms with van der Waals surface area (Å²) in [6.45, 7) is 4.37. The maximum Gasteiger partial charge on any atom is 0.267 e. The highest BCUT2D eigenvalue weighted by molar-refractivity contribution is 7.99. The molecule has 0 N–H and O–H groups in total. The average Bonchev–Trinajstić information content (AvgIpc) is 3.00. The van der Waals surface area contributed by atoms with E-state index in [0.29, 0.717) is 5.92 Å². The highest BCUT2D eigenvalue weighted by Crippen LogP contribution is 2.37. The van der Waals surface area contributed by atoms with Gasteiger partial charge >= 0.3 is 0 Å². The quantitative estimate of drug-likeness (QED) is 0.482. The molecule has 6 heteroatoms. The lowest BCUT2D eigenvalue weighted by molar-refractivity contribution is 0.414. The Morgan fingerprint density at radius 1 is 1.35 bits per heavy atom. The van der Waals surface area contributed by atoms with Gasteiger partial charge in [-0.1, -0.05) is 25.6 Å². The lowest BCUT2D eigenvalue weighted by atomic mass is 9.89. The summed E-state index contributed by atoms with van der Waals surface area (Å²) in [5.41, 5.74) is 2.13. The number of hydrogen-bond donors (Lipinski definition) is 0. The van der Waals surface area contributed by atoms with Crippen LogP contribution < -0.4 is 10.3 Å². The van der Waals surface area contributed by atoms with Gasteiger partial charge in [-0.15, -0.1) is 11.3 Å². The molecule has 4 nitrogen and oxygen atoms in total. The predicted octanol–water partition coefficient (Wildman–Crippen LogP) is 4.69. The SMILES string of the molecule is CCSc1nc2sc3c(c2c(=O)n1-c1ccc(OC)cc1)CCC(C)C3. The Morgan fingerprint density at radius 2 is 2.12 bits per heavy atom. The second kappa shape index (κ2) is 7.08. The molecule has 136 valence electrons. The summed E-state index contributed by atoms with van der Waals surface area (Å²) in [5, 5.41) is 1.59. The van der Waals surface area contributed by atoms with Crippen molar-refractivity contribution in [2.75, 3.05) is 12.9 Å². The van der Waals surface area contributed by atoms with Crippen LogP contribution in [-0.2, 0) is 12.8 Å².